The number of hydrogen-bond acceptors (Lipinski definition) is 5. The number of para-hydroxylation sites is 1. The Morgan fingerprint density at radius 1 is 1.14 bits per heavy atom. The molecule has 1 heterocycles. The number of nitriles is 1. The second-order valence-electron chi connectivity index (χ2n) is 6.21. The third kappa shape index (κ3) is 4.31. The number of nitrogens with zero attached hydrogens (tertiary/aromatic N) is 2. The minimum atomic E-state index is -3.74. The van der Waals surface area contributed by atoms with Crippen molar-refractivity contribution >= 4 is 38.0 Å². The van der Waals surface area contributed by atoms with Gasteiger partial charge in [0.2, 0.25) is 0 Å². The third-order valence-corrected chi connectivity index (χ3v) is 7.37. The Kier molecular flexibility index (Phi) is 6.01. The highest BCUT2D eigenvalue weighted by atomic mass is 32.2. The van der Waals surface area contributed by atoms with E-state index in [9.17, 15) is 18.5 Å². The first kappa shape index (κ1) is 20.6. The molecule has 0 bridgehead atoms. The number of sulfonamides is 1. The second kappa shape index (κ2) is 8.47. The lowest BCUT2D eigenvalue weighted by Gasteiger charge is -2.19. The Bertz CT molecular complexity index is 1160. The van der Waals surface area contributed by atoms with E-state index in [1.54, 1.807) is 30.3 Å². The van der Waals surface area contributed by atoms with Crippen molar-refractivity contribution in [2.75, 3.05) is 16.7 Å². The first-order chi connectivity index (χ1) is 13.9. The van der Waals surface area contributed by atoms with Crippen LogP contribution in [0.2, 0.25) is 0 Å². The van der Waals surface area contributed by atoms with E-state index in [0.717, 1.165) is 11.3 Å². The summed E-state index contributed by atoms with van der Waals surface area (Å²) in [5, 5.41) is 12.4. The zero-order valence-corrected chi connectivity index (χ0v) is 17.5. The van der Waals surface area contributed by atoms with Crippen molar-refractivity contribution in [2.45, 2.75) is 18.2 Å². The van der Waals surface area contributed by atoms with Crippen LogP contribution in [0.1, 0.15) is 27.7 Å². The molecule has 0 spiro atoms. The molecule has 6 nitrogen and oxygen atoms in total. The van der Waals surface area contributed by atoms with Crippen LogP contribution in [0.3, 0.4) is 0 Å². The van der Waals surface area contributed by atoms with Crippen LogP contribution in [0.5, 0.6) is 0 Å². The van der Waals surface area contributed by atoms with E-state index in [2.05, 4.69) is 11.4 Å². The largest absolute Gasteiger partial charge is 0.312 e. The summed E-state index contributed by atoms with van der Waals surface area (Å²) < 4.78 is 26.8. The molecule has 0 aliphatic heterocycles. The van der Waals surface area contributed by atoms with Gasteiger partial charge in [-0.25, -0.2) is 8.42 Å². The average molecular weight is 426 g/mol. The summed E-state index contributed by atoms with van der Waals surface area (Å²) >= 11 is 1.36. The number of amides is 1. The predicted molar refractivity (Wildman–Crippen MR) is 115 cm³/mol. The molecule has 3 rings (SSSR count). The molecule has 1 aromatic heterocycles. The van der Waals surface area contributed by atoms with Crippen molar-refractivity contribution in [3.8, 4) is 6.07 Å². The molecule has 0 unspecified atom stereocenters. The molecule has 148 valence electrons. The van der Waals surface area contributed by atoms with Crippen molar-refractivity contribution in [3.63, 3.8) is 0 Å². The molecule has 0 atom stereocenters. The predicted octanol–water partition coefficient (Wildman–Crippen LogP) is 4.26. The summed E-state index contributed by atoms with van der Waals surface area (Å²) in [4.78, 5) is 13.6. The fourth-order valence-corrected chi connectivity index (χ4v) is 4.82. The Morgan fingerprint density at radius 3 is 2.38 bits per heavy atom. The van der Waals surface area contributed by atoms with Crippen LogP contribution in [-0.2, 0) is 16.4 Å². The maximum absolute atomic E-state index is 12.8. The molecule has 0 saturated carbocycles. The van der Waals surface area contributed by atoms with E-state index < -0.39 is 15.9 Å². The molecule has 1 N–H and O–H groups in total. The van der Waals surface area contributed by atoms with Crippen molar-refractivity contribution < 1.29 is 13.2 Å². The lowest BCUT2D eigenvalue weighted by Crippen LogP contribution is -2.26. The minimum Gasteiger partial charge on any atom is -0.312 e. The zero-order chi connectivity index (χ0) is 21.0. The number of hydrogen-bond donors (Lipinski definition) is 1. The molecule has 29 heavy (non-hydrogen) atoms. The highest BCUT2D eigenvalue weighted by molar-refractivity contribution is 7.92. The molecular weight excluding hydrogens is 406 g/mol. The number of carbonyl (C=O) groups is 1. The Labute approximate surface area is 174 Å². The van der Waals surface area contributed by atoms with Gasteiger partial charge in [0.1, 0.15) is 11.1 Å². The van der Waals surface area contributed by atoms with E-state index in [-0.39, 0.29) is 4.90 Å². The molecule has 0 saturated heterocycles. The van der Waals surface area contributed by atoms with Gasteiger partial charge in [-0.05, 0) is 48.9 Å². The first-order valence-corrected chi connectivity index (χ1v) is 11.1. The fourth-order valence-electron chi connectivity index (χ4n) is 2.68. The standard InChI is InChI=1S/C21H19N3O3S2/c1-3-18-13-16(14-22)21(28-18)23-20(25)15-9-11-19(12-10-15)29(26,27)24(2)17-7-5-4-6-8-17/h4-13H,3H2,1-2H3,(H,23,25). The van der Waals surface area contributed by atoms with Gasteiger partial charge in [0, 0.05) is 17.5 Å². The van der Waals surface area contributed by atoms with Gasteiger partial charge in [-0.3, -0.25) is 9.10 Å². The normalized spacial score (nSPS) is 10.9. The summed E-state index contributed by atoms with van der Waals surface area (Å²) in [6.45, 7) is 1.98. The number of nitrogens with one attached hydrogen (secondary N) is 1. The van der Waals surface area contributed by atoms with Crippen molar-refractivity contribution in [3.05, 3.63) is 76.7 Å². The molecule has 0 aliphatic rings. The average Bonchev–Trinajstić information content (AvgIpc) is 3.15. The fraction of sp³-hybridized carbons (Fsp3) is 0.143. The van der Waals surface area contributed by atoms with Gasteiger partial charge in [-0.15, -0.1) is 11.3 Å². The quantitative estimate of drug-likeness (QED) is 0.639. The zero-order valence-electron chi connectivity index (χ0n) is 15.9. The topological polar surface area (TPSA) is 90.3 Å². The highest BCUT2D eigenvalue weighted by Gasteiger charge is 2.21. The van der Waals surface area contributed by atoms with Gasteiger partial charge in [0.25, 0.3) is 15.9 Å². The lowest BCUT2D eigenvalue weighted by molar-refractivity contribution is 0.102. The number of aryl methyl sites for hydroxylation is 1. The molecule has 0 aliphatic carbocycles. The van der Waals surface area contributed by atoms with Crippen LogP contribution in [-0.4, -0.2) is 21.4 Å². The van der Waals surface area contributed by atoms with Crippen LogP contribution in [0, 0.1) is 11.3 Å². The summed E-state index contributed by atoms with van der Waals surface area (Å²) in [7, 11) is -2.26. The number of thiophene rings is 1. The molecule has 3 aromatic rings. The van der Waals surface area contributed by atoms with Gasteiger partial charge in [0.15, 0.2) is 0 Å². The van der Waals surface area contributed by atoms with E-state index in [1.807, 2.05) is 13.0 Å². The van der Waals surface area contributed by atoms with Crippen molar-refractivity contribution in [1.29, 1.82) is 5.26 Å². The number of benzene rings is 2. The Hall–Kier alpha value is -3.15. The van der Waals surface area contributed by atoms with Crippen LogP contribution in [0.15, 0.2) is 65.6 Å². The van der Waals surface area contributed by atoms with Crippen LogP contribution in [0.25, 0.3) is 0 Å². The smallest absolute Gasteiger partial charge is 0.264 e. The first-order valence-electron chi connectivity index (χ1n) is 8.85. The summed E-state index contributed by atoms with van der Waals surface area (Å²) in [6.07, 6.45) is 0.775. The Balaban J connectivity index is 1.80. The SMILES string of the molecule is CCc1cc(C#N)c(NC(=O)c2ccc(S(=O)(=O)N(C)c3ccccc3)cc2)s1. The van der Waals surface area contributed by atoms with E-state index in [4.69, 9.17) is 0 Å². The van der Waals surface area contributed by atoms with E-state index >= 15 is 0 Å². The van der Waals surface area contributed by atoms with Gasteiger partial charge in [-0.1, -0.05) is 25.1 Å². The van der Waals surface area contributed by atoms with E-state index in [0.29, 0.717) is 21.8 Å². The van der Waals surface area contributed by atoms with E-state index in [1.165, 1.54) is 47.0 Å². The van der Waals surface area contributed by atoms with Crippen LogP contribution >= 0.6 is 11.3 Å². The summed E-state index contributed by atoms with van der Waals surface area (Å²) in [5.41, 5.74) is 1.27. The van der Waals surface area contributed by atoms with Crippen molar-refractivity contribution in [1.82, 2.24) is 0 Å². The van der Waals surface area contributed by atoms with Gasteiger partial charge < -0.3 is 5.32 Å². The number of anilines is 2. The Morgan fingerprint density at radius 2 is 1.79 bits per heavy atom. The molecule has 0 radical (unpaired) electrons. The lowest BCUT2D eigenvalue weighted by atomic mass is 10.2. The highest BCUT2D eigenvalue weighted by Crippen LogP contribution is 2.28. The van der Waals surface area contributed by atoms with Crippen LogP contribution < -0.4 is 9.62 Å². The molecule has 1 amide bonds. The third-order valence-electron chi connectivity index (χ3n) is 4.37. The van der Waals surface area contributed by atoms with Gasteiger partial charge in [0.05, 0.1) is 16.1 Å². The number of carbonyl (C=O) groups excluding carboxylic acids is 1. The molecule has 0 fully saturated rings. The van der Waals surface area contributed by atoms with Gasteiger partial charge in [-0.2, -0.15) is 5.26 Å². The molecule has 8 heteroatoms. The second-order valence-corrected chi connectivity index (χ2v) is 9.31. The maximum atomic E-state index is 12.8. The number of rotatable bonds is 6. The monoisotopic (exact) mass is 425 g/mol. The summed E-state index contributed by atoms with van der Waals surface area (Å²) in [5.74, 6) is -0.397. The van der Waals surface area contributed by atoms with Gasteiger partial charge >= 0.3 is 0 Å². The van der Waals surface area contributed by atoms with Crippen LogP contribution in [0.4, 0.5) is 10.7 Å². The van der Waals surface area contributed by atoms with Crippen molar-refractivity contribution in [2.24, 2.45) is 0 Å². The molecular formula is C21H19N3O3S2. The molecule has 2 aromatic carbocycles. The maximum Gasteiger partial charge on any atom is 0.264 e. The minimum absolute atomic E-state index is 0.0857. The summed E-state index contributed by atoms with van der Waals surface area (Å²) in [6, 6.07) is 18.3.